The van der Waals surface area contributed by atoms with Crippen LogP contribution in [0.1, 0.15) is 16.1 Å². The van der Waals surface area contributed by atoms with Crippen LogP contribution in [0.5, 0.6) is 11.5 Å². The lowest BCUT2D eigenvalue weighted by Crippen LogP contribution is -2.46. The first-order valence-corrected chi connectivity index (χ1v) is 10.5. The summed E-state index contributed by atoms with van der Waals surface area (Å²) in [5, 5.41) is 0. The van der Waals surface area contributed by atoms with Crippen molar-refractivity contribution in [2.75, 3.05) is 33.9 Å². The average molecular weight is 452 g/mol. The zero-order valence-electron chi connectivity index (χ0n) is 18.5. The van der Waals surface area contributed by atoms with Crippen molar-refractivity contribution in [2.24, 2.45) is 5.92 Å². The molecule has 9 heteroatoms. The van der Waals surface area contributed by atoms with Crippen molar-refractivity contribution in [3.05, 3.63) is 71.9 Å². The van der Waals surface area contributed by atoms with Crippen LogP contribution in [0.15, 0.2) is 54.9 Å². The first kappa shape index (κ1) is 22.6. The third kappa shape index (κ3) is 5.82. The molecule has 1 fully saturated rings. The van der Waals surface area contributed by atoms with Gasteiger partial charge in [-0.25, -0.2) is 14.9 Å². The fraction of sp³-hybridized carbons (Fsp3) is 0.292. The minimum absolute atomic E-state index is 0.0769. The van der Waals surface area contributed by atoms with Gasteiger partial charge < -0.3 is 14.4 Å². The molecule has 3 aromatic rings. The van der Waals surface area contributed by atoms with Crippen molar-refractivity contribution in [2.45, 2.75) is 6.61 Å². The van der Waals surface area contributed by atoms with Crippen molar-refractivity contribution < 1.29 is 23.5 Å². The third-order valence-electron chi connectivity index (χ3n) is 5.29. The highest BCUT2D eigenvalue weighted by atomic mass is 19.1. The topological polar surface area (TPSA) is 85.8 Å². The quantitative estimate of drug-likeness (QED) is 0.500. The molecule has 0 radical (unpaired) electrons. The van der Waals surface area contributed by atoms with Crippen molar-refractivity contribution in [1.82, 2.24) is 20.3 Å². The molecule has 0 spiro atoms. The van der Waals surface area contributed by atoms with Crippen LogP contribution < -0.4 is 15.0 Å². The zero-order chi connectivity index (χ0) is 23.2. The van der Waals surface area contributed by atoms with Crippen molar-refractivity contribution in [1.29, 1.82) is 0 Å². The lowest BCUT2D eigenvalue weighted by atomic mass is 10.0. The van der Waals surface area contributed by atoms with E-state index in [1.807, 2.05) is 24.3 Å². The highest BCUT2D eigenvalue weighted by Crippen LogP contribution is 2.22. The van der Waals surface area contributed by atoms with E-state index in [-0.39, 0.29) is 17.9 Å². The number of carbonyl (C=O) groups is 1. The number of likely N-dealkylation sites (tertiary alicyclic amines) is 1. The molecule has 1 amide bonds. The minimum Gasteiger partial charge on any atom is -0.497 e. The predicted octanol–water partition coefficient (Wildman–Crippen LogP) is 3.09. The zero-order valence-corrected chi connectivity index (χ0v) is 18.5. The summed E-state index contributed by atoms with van der Waals surface area (Å²) in [4.78, 5) is 28.3. The van der Waals surface area contributed by atoms with Crippen LogP contribution in [0.2, 0.25) is 0 Å². The predicted molar refractivity (Wildman–Crippen MR) is 119 cm³/mol. The Labute approximate surface area is 191 Å². The van der Waals surface area contributed by atoms with Crippen LogP contribution in [0.4, 0.5) is 4.39 Å². The summed E-state index contributed by atoms with van der Waals surface area (Å²) in [7, 11) is 3.58. The van der Waals surface area contributed by atoms with E-state index in [2.05, 4.69) is 27.4 Å². The summed E-state index contributed by atoms with van der Waals surface area (Å²) >= 11 is 0. The molecule has 33 heavy (non-hydrogen) atoms. The number of nitrogens with zero attached hydrogens (tertiary/aromatic N) is 3. The van der Waals surface area contributed by atoms with E-state index in [0.29, 0.717) is 24.0 Å². The molecular weight excluding hydrogens is 427 g/mol. The van der Waals surface area contributed by atoms with Gasteiger partial charge in [0.1, 0.15) is 29.6 Å². The lowest BCUT2D eigenvalue weighted by Gasteiger charge is -2.35. The Bertz CT molecular complexity index is 1100. The highest BCUT2D eigenvalue weighted by Gasteiger charge is 2.23. The first-order chi connectivity index (χ1) is 16.0. The number of ether oxygens (including phenoxy) is 2. The van der Waals surface area contributed by atoms with Gasteiger partial charge in [0.15, 0.2) is 0 Å². The summed E-state index contributed by atoms with van der Waals surface area (Å²) in [5.41, 5.74) is 3.93. The van der Waals surface area contributed by atoms with E-state index in [4.69, 9.17) is 14.3 Å². The summed E-state index contributed by atoms with van der Waals surface area (Å²) in [6.07, 6.45) is 2.91. The third-order valence-corrected chi connectivity index (χ3v) is 5.29. The Morgan fingerprint density at radius 2 is 1.91 bits per heavy atom. The largest absolute Gasteiger partial charge is 0.497 e. The summed E-state index contributed by atoms with van der Waals surface area (Å²) in [6.45, 7) is 2.64. The fourth-order valence-corrected chi connectivity index (χ4v) is 3.50. The van der Waals surface area contributed by atoms with Crippen LogP contribution in [-0.2, 0) is 11.4 Å². The number of hydroxylamine groups is 1. The molecule has 1 aliphatic rings. The van der Waals surface area contributed by atoms with Gasteiger partial charge in [0, 0.05) is 30.1 Å². The molecule has 172 valence electrons. The molecule has 2 heterocycles. The number of halogens is 1. The van der Waals surface area contributed by atoms with Crippen LogP contribution in [0.25, 0.3) is 11.3 Å². The molecule has 0 saturated carbocycles. The molecule has 8 nitrogen and oxygen atoms in total. The number of aromatic nitrogens is 2. The van der Waals surface area contributed by atoms with E-state index in [1.54, 1.807) is 6.20 Å². The van der Waals surface area contributed by atoms with Crippen LogP contribution in [0, 0.1) is 11.7 Å². The number of carbonyl (C=O) groups excluding carboxylic acids is 1. The van der Waals surface area contributed by atoms with Gasteiger partial charge in [-0.3, -0.25) is 14.6 Å². The Morgan fingerprint density at radius 1 is 1.15 bits per heavy atom. The van der Waals surface area contributed by atoms with Crippen LogP contribution in [0.3, 0.4) is 0 Å². The molecule has 1 aromatic heterocycles. The number of methoxy groups -OCH3 is 1. The SMILES string of the molecule is COc1ccc(F)c(CONC(=O)c2cncc(-c3ccc(OCC4CN(C)C4)cc3)n2)c1. The number of hydrogen-bond donors (Lipinski definition) is 1. The van der Waals surface area contributed by atoms with E-state index in [9.17, 15) is 9.18 Å². The first-order valence-electron chi connectivity index (χ1n) is 10.5. The molecule has 1 saturated heterocycles. The van der Waals surface area contributed by atoms with Gasteiger partial charge in [0.2, 0.25) is 0 Å². The second kappa shape index (κ2) is 10.4. The smallest absolute Gasteiger partial charge is 0.295 e. The molecular formula is C24H25FN4O4. The standard InChI is InChI=1S/C24H25FN4O4/c1-29-12-16(13-29)14-32-19-5-3-17(4-6-19)22-10-26-11-23(27-22)24(30)28-33-15-18-9-20(31-2)7-8-21(18)25/h3-11,16H,12-15H2,1-2H3,(H,28,30). The molecule has 0 aliphatic carbocycles. The maximum absolute atomic E-state index is 13.9. The lowest BCUT2D eigenvalue weighted by molar-refractivity contribution is 0.0219. The summed E-state index contributed by atoms with van der Waals surface area (Å²) in [5.74, 6) is 0.802. The number of hydrogen-bond acceptors (Lipinski definition) is 7. The number of benzene rings is 2. The molecule has 0 unspecified atom stereocenters. The molecule has 0 bridgehead atoms. The van der Waals surface area contributed by atoms with E-state index < -0.39 is 11.7 Å². The second-order valence-corrected chi connectivity index (χ2v) is 7.89. The minimum atomic E-state index is -0.585. The van der Waals surface area contributed by atoms with Crippen molar-refractivity contribution in [3.8, 4) is 22.8 Å². The maximum atomic E-state index is 13.9. The number of rotatable bonds is 9. The Hall–Kier alpha value is -3.56. The Kier molecular flexibility index (Phi) is 7.11. The van der Waals surface area contributed by atoms with Gasteiger partial charge in [0.25, 0.3) is 5.91 Å². The van der Waals surface area contributed by atoms with E-state index in [0.717, 1.165) is 24.4 Å². The maximum Gasteiger partial charge on any atom is 0.295 e. The van der Waals surface area contributed by atoms with Crippen LogP contribution >= 0.6 is 0 Å². The van der Waals surface area contributed by atoms with E-state index in [1.165, 1.54) is 31.5 Å². The van der Waals surface area contributed by atoms with Gasteiger partial charge in [-0.2, -0.15) is 0 Å². The number of amides is 1. The molecule has 1 N–H and O–H groups in total. The van der Waals surface area contributed by atoms with Gasteiger partial charge in [-0.15, -0.1) is 0 Å². The normalized spacial score (nSPS) is 13.9. The van der Waals surface area contributed by atoms with Gasteiger partial charge >= 0.3 is 0 Å². The molecule has 4 rings (SSSR count). The number of nitrogens with one attached hydrogen (secondary N) is 1. The Balaban J connectivity index is 1.32. The fourth-order valence-electron chi connectivity index (χ4n) is 3.50. The highest BCUT2D eigenvalue weighted by molar-refractivity contribution is 5.91. The molecule has 2 aromatic carbocycles. The van der Waals surface area contributed by atoms with Crippen molar-refractivity contribution in [3.63, 3.8) is 0 Å². The molecule has 1 aliphatic heterocycles. The van der Waals surface area contributed by atoms with Gasteiger partial charge in [-0.1, -0.05) is 0 Å². The van der Waals surface area contributed by atoms with Gasteiger partial charge in [0.05, 0.1) is 31.8 Å². The van der Waals surface area contributed by atoms with Crippen LogP contribution in [-0.4, -0.2) is 54.6 Å². The van der Waals surface area contributed by atoms with Crippen molar-refractivity contribution >= 4 is 5.91 Å². The summed E-state index contributed by atoms with van der Waals surface area (Å²) in [6, 6.07) is 11.8. The molecule has 0 atom stereocenters. The van der Waals surface area contributed by atoms with Gasteiger partial charge in [-0.05, 0) is 49.5 Å². The Morgan fingerprint density at radius 3 is 2.64 bits per heavy atom. The monoisotopic (exact) mass is 452 g/mol. The summed E-state index contributed by atoms with van der Waals surface area (Å²) < 4.78 is 24.8. The average Bonchev–Trinajstić information content (AvgIpc) is 2.82. The second-order valence-electron chi connectivity index (χ2n) is 7.89. The van der Waals surface area contributed by atoms with E-state index >= 15 is 0 Å².